The van der Waals surface area contributed by atoms with Gasteiger partial charge in [0, 0.05) is 23.0 Å². The van der Waals surface area contributed by atoms with Crippen molar-refractivity contribution in [2.45, 2.75) is 26.3 Å². The van der Waals surface area contributed by atoms with Gasteiger partial charge in [0.1, 0.15) is 4.91 Å². The Morgan fingerprint density at radius 2 is 1.65 bits per heavy atom. The molecule has 2 aromatic carbocycles. The molecule has 0 spiro atoms. The van der Waals surface area contributed by atoms with Gasteiger partial charge in [0.2, 0.25) is 5.91 Å². The van der Waals surface area contributed by atoms with Gasteiger partial charge in [0.25, 0.3) is 0 Å². The average molecular weight is 468 g/mol. The van der Waals surface area contributed by atoms with Crippen molar-refractivity contribution in [1.29, 1.82) is 0 Å². The fraction of sp³-hybridized carbons (Fsp3) is 0.208. The van der Waals surface area contributed by atoms with Crippen LogP contribution in [0.2, 0.25) is 0 Å². The third-order valence-corrected chi connectivity index (χ3v) is 8.61. The van der Waals surface area contributed by atoms with Crippen LogP contribution in [0.4, 0.5) is 5.69 Å². The Kier molecular flexibility index (Phi) is 5.85. The Hall–Kier alpha value is -2.35. The van der Waals surface area contributed by atoms with E-state index in [1.54, 1.807) is 11.8 Å². The summed E-state index contributed by atoms with van der Waals surface area (Å²) in [5.74, 6) is -0.430. The first-order chi connectivity index (χ1) is 14.8. The molecule has 4 rings (SSSR count). The molecule has 0 aliphatic carbocycles. The molecule has 0 saturated carbocycles. The van der Waals surface area contributed by atoms with Gasteiger partial charge in [0.15, 0.2) is 0 Å². The molecule has 0 radical (unpaired) electrons. The van der Waals surface area contributed by atoms with E-state index >= 15 is 0 Å². The maximum atomic E-state index is 12.6. The Bertz CT molecular complexity index is 1170. The Morgan fingerprint density at radius 3 is 2.29 bits per heavy atom. The largest absolute Gasteiger partial charge is 0.465 e. The van der Waals surface area contributed by atoms with Gasteiger partial charge in [0.05, 0.1) is 27.4 Å². The molecule has 2 aliphatic heterocycles. The summed E-state index contributed by atoms with van der Waals surface area (Å²) in [6.45, 7) is 5.48. The second kappa shape index (κ2) is 8.30. The predicted molar refractivity (Wildman–Crippen MR) is 134 cm³/mol. The lowest BCUT2D eigenvalue weighted by atomic mass is 9.83. The van der Waals surface area contributed by atoms with Crippen molar-refractivity contribution in [3.8, 4) is 0 Å². The van der Waals surface area contributed by atoms with E-state index in [4.69, 9.17) is 17.0 Å². The molecule has 1 amide bonds. The number of benzene rings is 2. The lowest BCUT2D eigenvalue weighted by Crippen LogP contribution is -2.55. The summed E-state index contributed by atoms with van der Waals surface area (Å²) < 4.78 is 5.99. The van der Waals surface area contributed by atoms with E-state index in [0.29, 0.717) is 9.77 Å². The van der Waals surface area contributed by atoms with Gasteiger partial charge >= 0.3 is 5.97 Å². The highest BCUT2D eigenvalue weighted by molar-refractivity contribution is 8.32. The van der Waals surface area contributed by atoms with Gasteiger partial charge < -0.3 is 9.64 Å². The molecule has 7 heteroatoms. The number of carbonyl (C=O) groups is 2. The zero-order valence-electron chi connectivity index (χ0n) is 17.6. The first kappa shape index (κ1) is 21.9. The van der Waals surface area contributed by atoms with Crippen LogP contribution >= 0.6 is 35.7 Å². The van der Waals surface area contributed by atoms with Crippen molar-refractivity contribution in [2.75, 3.05) is 12.0 Å². The Labute approximate surface area is 195 Å². The number of anilines is 1. The molecule has 0 N–H and O–H groups in total. The predicted octanol–water partition coefficient (Wildman–Crippen LogP) is 5.89. The van der Waals surface area contributed by atoms with Crippen LogP contribution in [0.3, 0.4) is 0 Å². The van der Waals surface area contributed by atoms with E-state index in [-0.39, 0.29) is 11.9 Å². The highest BCUT2D eigenvalue weighted by Gasteiger charge is 2.44. The van der Waals surface area contributed by atoms with Gasteiger partial charge in [-0.2, -0.15) is 0 Å². The summed E-state index contributed by atoms with van der Waals surface area (Å²) in [6, 6.07) is 17.6. The monoisotopic (exact) mass is 467 g/mol. The van der Waals surface area contributed by atoms with Crippen LogP contribution < -0.4 is 4.90 Å². The van der Waals surface area contributed by atoms with Crippen LogP contribution in [0.1, 0.15) is 31.9 Å². The van der Waals surface area contributed by atoms with Gasteiger partial charge in [-0.3, -0.25) is 4.79 Å². The quantitative estimate of drug-likeness (QED) is 0.312. The van der Waals surface area contributed by atoms with E-state index in [2.05, 4.69) is 0 Å². The number of para-hydroxylation sites is 1. The van der Waals surface area contributed by atoms with Crippen LogP contribution in [0, 0.1) is 0 Å². The number of amides is 1. The second-order valence-electron chi connectivity index (χ2n) is 7.64. The maximum absolute atomic E-state index is 12.6. The van der Waals surface area contributed by atoms with Gasteiger partial charge in [-0.05, 0) is 25.5 Å². The second-order valence-corrected chi connectivity index (χ2v) is 10.4. The van der Waals surface area contributed by atoms with Crippen molar-refractivity contribution in [3.63, 3.8) is 0 Å². The fourth-order valence-corrected chi connectivity index (χ4v) is 7.04. The molecule has 0 bridgehead atoms. The molecule has 0 atom stereocenters. The summed E-state index contributed by atoms with van der Waals surface area (Å²) in [7, 11) is 1.39. The standard InChI is InChI=1S/C24H21NO3S3/c1-14(26)25-17-13-9-8-12-16(17)18(21(29)24(25,2)3)23-30-19(15-10-6-5-7-11-15)20(31-23)22(27)28-4/h5-13H,1-4H3/b23-18+. The molecular formula is C24H21NO3S3. The van der Waals surface area contributed by atoms with Gasteiger partial charge in [-0.25, -0.2) is 4.79 Å². The van der Waals surface area contributed by atoms with Crippen LogP contribution in [0.5, 0.6) is 0 Å². The lowest BCUT2D eigenvalue weighted by molar-refractivity contribution is -0.135. The lowest BCUT2D eigenvalue weighted by Gasteiger charge is -2.44. The highest BCUT2D eigenvalue weighted by atomic mass is 32.2. The van der Waals surface area contributed by atoms with Crippen molar-refractivity contribution in [2.24, 2.45) is 0 Å². The van der Waals surface area contributed by atoms with Gasteiger partial charge in [-0.1, -0.05) is 84.3 Å². The first-order valence-electron chi connectivity index (χ1n) is 9.70. The van der Waals surface area contributed by atoms with Crippen LogP contribution in [0.25, 0.3) is 10.5 Å². The molecule has 2 aliphatic rings. The number of rotatable bonds is 2. The minimum atomic E-state index is -0.681. The van der Waals surface area contributed by atoms with Crippen LogP contribution in [-0.4, -0.2) is 29.4 Å². The number of thiocarbonyl (C=S) groups is 1. The number of carbonyl (C=O) groups excluding carboxylic acids is 2. The van der Waals surface area contributed by atoms with E-state index in [0.717, 1.165) is 31.5 Å². The molecule has 31 heavy (non-hydrogen) atoms. The molecule has 2 heterocycles. The molecule has 2 aromatic rings. The Balaban J connectivity index is 1.92. The number of hydrogen-bond acceptors (Lipinski definition) is 6. The van der Waals surface area contributed by atoms with Crippen molar-refractivity contribution in [3.05, 3.63) is 74.9 Å². The average Bonchev–Trinajstić information content (AvgIpc) is 3.19. The number of hydrogen-bond donors (Lipinski definition) is 0. The summed E-state index contributed by atoms with van der Waals surface area (Å²) in [5.41, 5.74) is 2.89. The number of fused-ring (bicyclic) bond motifs is 1. The summed E-state index contributed by atoms with van der Waals surface area (Å²) in [6.07, 6.45) is 0. The summed E-state index contributed by atoms with van der Waals surface area (Å²) in [5, 5.41) is 0. The summed E-state index contributed by atoms with van der Waals surface area (Å²) >= 11 is 8.86. The smallest absolute Gasteiger partial charge is 0.345 e. The van der Waals surface area contributed by atoms with E-state index < -0.39 is 5.54 Å². The zero-order valence-corrected chi connectivity index (χ0v) is 20.0. The summed E-state index contributed by atoms with van der Waals surface area (Å²) in [4.78, 5) is 29.0. The fourth-order valence-electron chi connectivity index (χ4n) is 3.88. The van der Waals surface area contributed by atoms with Gasteiger partial charge in [-0.15, -0.1) is 0 Å². The minimum Gasteiger partial charge on any atom is -0.465 e. The number of thioether (sulfide) groups is 2. The number of ether oxygens (including phenoxy) is 1. The van der Waals surface area contributed by atoms with E-state index in [9.17, 15) is 9.59 Å². The van der Waals surface area contributed by atoms with Crippen molar-refractivity contribution in [1.82, 2.24) is 0 Å². The topological polar surface area (TPSA) is 46.6 Å². The SMILES string of the molecule is COC(=O)C1=C(c2ccccc2)S/C(=C2\C(=S)C(C)(C)N(C(C)=O)c3ccccc32)S1. The van der Waals surface area contributed by atoms with Crippen molar-refractivity contribution < 1.29 is 14.3 Å². The number of esters is 1. The maximum Gasteiger partial charge on any atom is 0.345 e. The molecule has 158 valence electrons. The molecular weight excluding hydrogens is 446 g/mol. The normalized spacial score (nSPS) is 20.0. The Morgan fingerprint density at radius 1 is 1.00 bits per heavy atom. The molecule has 0 saturated heterocycles. The molecule has 0 unspecified atom stereocenters. The molecule has 0 fully saturated rings. The third kappa shape index (κ3) is 3.64. The van der Waals surface area contributed by atoms with E-state index in [1.165, 1.54) is 30.6 Å². The molecule has 4 nitrogen and oxygen atoms in total. The third-order valence-electron chi connectivity index (χ3n) is 5.28. The van der Waals surface area contributed by atoms with Crippen LogP contribution in [0.15, 0.2) is 63.7 Å². The van der Waals surface area contributed by atoms with E-state index in [1.807, 2.05) is 68.4 Å². The zero-order chi connectivity index (χ0) is 22.3. The number of methoxy groups -OCH3 is 1. The molecule has 0 aromatic heterocycles. The van der Waals surface area contributed by atoms with Crippen molar-refractivity contribution >= 4 is 68.6 Å². The highest BCUT2D eigenvalue weighted by Crippen LogP contribution is 2.58. The minimum absolute atomic E-state index is 0.0612. The van der Waals surface area contributed by atoms with Crippen LogP contribution in [-0.2, 0) is 14.3 Å². The number of nitrogens with zero attached hydrogens (tertiary/aromatic N) is 1. The first-order valence-corrected chi connectivity index (χ1v) is 11.7.